The van der Waals surface area contributed by atoms with Crippen molar-refractivity contribution < 1.29 is 30.8 Å². The molecule has 2 aliphatic rings. The number of nitrogens with one attached hydrogen (secondary N) is 2. The Hall–Kier alpha value is -2.33. The second-order valence-corrected chi connectivity index (χ2v) is 10.1. The second kappa shape index (κ2) is 7.67. The highest BCUT2D eigenvalue weighted by Crippen LogP contribution is 2.42. The minimum absolute atomic E-state index is 0.00795. The van der Waals surface area contributed by atoms with Gasteiger partial charge in [-0.3, -0.25) is 4.79 Å². The Morgan fingerprint density at radius 2 is 1.87 bits per heavy atom. The lowest BCUT2D eigenvalue weighted by Gasteiger charge is -2.24. The number of hydrogen-bond donors (Lipinski definition) is 2. The summed E-state index contributed by atoms with van der Waals surface area (Å²) in [5.74, 6) is -1.58. The summed E-state index contributed by atoms with van der Waals surface area (Å²) in [6, 6.07) is 6.24. The van der Waals surface area contributed by atoms with Crippen LogP contribution in [0.15, 0.2) is 39.6 Å². The van der Waals surface area contributed by atoms with E-state index in [-0.39, 0.29) is 23.1 Å². The first-order valence-electron chi connectivity index (χ1n) is 10.1. The number of sulfonamides is 1. The Balaban J connectivity index is 1.63. The van der Waals surface area contributed by atoms with Gasteiger partial charge in [-0.25, -0.2) is 13.1 Å². The molecule has 1 saturated carbocycles. The van der Waals surface area contributed by atoms with Crippen LogP contribution in [0.2, 0.25) is 0 Å². The molecule has 10 heteroatoms. The minimum atomic E-state index is -4.62. The molecule has 1 fully saturated rings. The van der Waals surface area contributed by atoms with Gasteiger partial charge >= 0.3 is 6.18 Å². The van der Waals surface area contributed by atoms with Crippen LogP contribution in [0.1, 0.15) is 56.1 Å². The molecule has 31 heavy (non-hydrogen) atoms. The van der Waals surface area contributed by atoms with Crippen LogP contribution in [-0.4, -0.2) is 20.4 Å². The lowest BCUT2D eigenvalue weighted by Crippen LogP contribution is -2.36. The maximum atomic E-state index is 12.9. The molecule has 1 unspecified atom stereocenters. The van der Waals surface area contributed by atoms with Gasteiger partial charge in [-0.2, -0.15) is 13.2 Å². The van der Waals surface area contributed by atoms with Gasteiger partial charge in [-0.15, -0.1) is 0 Å². The first-order chi connectivity index (χ1) is 14.5. The highest BCUT2D eigenvalue weighted by molar-refractivity contribution is 7.89. The van der Waals surface area contributed by atoms with Crippen LogP contribution in [0.4, 0.5) is 18.9 Å². The maximum Gasteiger partial charge on any atom is 0.449 e. The van der Waals surface area contributed by atoms with Crippen molar-refractivity contribution in [3.05, 3.63) is 47.4 Å². The molecule has 0 bridgehead atoms. The number of hydrogen-bond acceptors (Lipinski definition) is 4. The fourth-order valence-electron chi connectivity index (χ4n) is 4.30. The summed E-state index contributed by atoms with van der Waals surface area (Å²) in [6.07, 6.45) is -0.174. The Morgan fingerprint density at radius 1 is 1.16 bits per heavy atom. The van der Waals surface area contributed by atoms with Gasteiger partial charge in [0.25, 0.3) is 0 Å². The topological polar surface area (TPSA) is 88.4 Å². The van der Waals surface area contributed by atoms with Crippen molar-refractivity contribution in [2.45, 2.75) is 68.0 Å². The molecule has 1 atom stereocenters. The molecule has 2 heterocycles. The average Bonchev–Trinajstić information content (AvgIpc) is 3.25. The molecule has 1 aliphatic heterocycles. The molecule has 1 aliphatic carbocycles. The monoisotopic (exact) mass is 456 g/mol. The Bertz CT molecular complexity index is 1100. The van der Waals surface area contributed by atoms with Gasteiger partial charge in [0.05, 0.1) is 10.3 Å². The highest BCUT2D eigenvalue weighted by atomic mass is 32.2. The van der Waals surface area contributed by atoms with Crippen LogP contribution in [0, 0.1) is 0 Å². The normalized spacial score (nSPS) is 22.4. The summed E-state index contributed by atoms with van der Waals surface area (Å²) in [5.41, 5.74) is -0.424. The number of rotatable bonds is 5. The van der Waals surface area contributed by atoms with Crippen LogP contribution in [-0.2, 0) is 32.8 Å². The molecular formula is C21H23F3N2O4S. The van der Waals surface area contributed by atoms with Crippen LogP contribution >= 0.6 is 0 Å². The van der Waals surface area contributed by atoms with Gasteiger partial charge in [0.15, 0.2) is 0 Å². The summed E-state index contributed by atoms with van der Waals surface area (Å²) in [5, 5.41) is 2.69. The number of anilines is 1. The van der Waals surface area contributed by atoms with Crippen LogP contribution in [0.3, 0.4) is 0 Å². The van der Waals surface area contributed by atoms with Gasteiger partial charge in [-0.05, 0) is 55.7 Å². The molecule has 2 N–H and O–H groups in total. The van der Waals surface area contributed by atoms with Crippen LogP contribution in [0.5, 0.6) is 0 Å². The maximum absolute atomic E-state index is 12.9. The fourth-order valence-corrected chi connectivity index (χ4v) is 5.63. The number of carbonyl (C=O) groups is 1. The molecule has 4 rings (SSSR count). The third-order valence-electron chi connectivity index (χ3n) is 6.04. The van der Waals surface area contributed by atoms with E-state index in [1.807, 2.05) is 0 Å². The van der Waals surface area contributed by atoms with Gasteiger partial charge in [0, 0.05) is 18.2 Å². The summed E-state index contributed by atoms with van der Waals surface area (Å²) < 4.78 is 72.0. The summed E-state index contributed by atoms with van der Waals surface area (Å²) in [7, 11) is -3.80. The molecule has 1 aromatic heterocycles. The van der Waals surface area contributed by atoms with E-state index in [0.717, 1.165) is 38.2 Å². The quantitative estimate of drug-likeness (QED) is 0.700. The minimum Gasteiger partial charge on any atom is -0.456 e. The zero-order valence-corrected chi connectivity index (χ0v) is 17.7. The van der Waals surface area contributed by atoms with Crippen molar-refractivity contribution in [3.63, 3.8) is 0 Å². The molecule has 1 aromatic carbocycles. The summed E-state index contributed by atoms with van der Waals surface area (Å²) in [4.78, 5) is 12.7. The Kier molecular flexibility index (Phi) is 5.41. The number of carbonyl (C=O) groups excluding carboxylic acids is 1. The van der Waals surface area contributed by atoms with Gasteiger partial charge < -0.3 is 9.73 Å². The van der Waals surface area contributed by atoms with Gasteiger partial charge in [0.1, 0.15) is 5.76 Å². The molecule has 0 radical (unpaired) electrons. The summed E-state index contributed by atoms with van der Waals surface area (Å²) >= 11 is 0. The predicted octanol–water partition coefficient (Wildman–Crippen LogP) is 4.36. The molecule has 2 aromatic rings. The number of furan rings is 1. The fraction of sp³-hybridized carbons (Fsp3) is 0.476. The molecule has 6 nitrogen and oxygen atoms in total. The Labute approximate surface area is 178 Å². The van der Waals surface area contributed by atoms with E-state index in [2.05, 4.69) is 10.0 Å². The lowest BCUT2D eigenvalue weighted by atomic mass is 9.80. The molecule has 168 valence electrons. The van der Waals surface area contributed by atoms with E-state index < -0.39 is 33.3 Å². The van der Waals surface area contributed by atoms with E-state index in [4.69, 9.17) is 4.42 Å². The average molecular weight is 456 g/mol. The number of benzene rings is 1. The van der Waals surface area contributed by atoms with Gasteiger partial charge in [-0.1, -0.05) is 19.3 Å². The van der Waals surface area contributed by atoms with Crippen LogP contribution < -0.4 is 10.0 Å². The van der Waals surface area contributed by atoms with E-state index >= 15 is 0 Å². The van der Waals surface area contributed by atoms with E-state index in [0.29, 0.717) is 11.3 Å². The smallest absolute Gasteiger partial charge is 0.449 e. The van der Waals surface area contributed by atoms with E-state index in [1.165, 1.54) is 24.3 Å². The van der Waals surface area contributed by atoms with Crippen molar-refractivity contribution >= 4 is 21.6 Å². The van der Waals surface area contributed by atoms with Crippen molar-refractivity contribution in [2.24, 2.45) is 0 Å². The molecular weight excluding hydrogens is 433 g/mol. The third-order valence-corrected chi connectivity index (χ3v) is 7.56. The zero-order valence-electron chi connectivity index (χ0n) is 16.9. The number of halogens is 3. The van der Waals surface area contributed by atoms with Crippen molar-refractivity contribution in [1.82, 2.24) is 4.72 Å². The molecule has 0 saturated heterocycles. The standard InChI is InChI=1S/C21H23F3N2O4S/c1-20(12-14-7-10-18(30-14)21(22,23)24)16-11-15(8-9-17(16)25-19(20)27)31(28,29)26-13-5-3-2-4-6-13/h7-11,13,26H,2-6,12H2,1H3,(H,25,27). The first kappa shape index (κ1) is 21.9. The summed E-state index contributed by atoms with van der Waals surface area (Å²) in [6.45, 7) is 1.56. The number of amides is 1. The number of fused-ring (bicyclic) bond motifs is 1. The SMILES string of the molecule is CC1(Cc2ccc(C(F)(F)F)o2)C(=O)Nc2ccc(S(=O)(=O)NC3CCCCC3)cc21. The lowest BCUT2D eigenvalue weighted by molar-refractivity contribution is -0.153. The molecule has 1 amide bonds. The second-order valence-electron chi connectivity index (χ2n) is 8.39. The first-order valence-corrected chi connectivity index (χ1v) is 11.6. The van der Waals surface area contributed by atoms with Crippen molar-refractivity contribution in [1.29, 1.82) is 0 Å². The molecule has 0 spiro atoms. The third kappa shape index (κ3) is 4.23. The van der Waals surface area contributed by atoms with Crippen LogP contribution in [0.25, 0.3) is 0 Å². The van der Waals surface area contributed by atoms with E-state index in [1.54, 1.807) is 6.92 Å². The predicted molar refractivity (Wildman–Crippen MR) is 107 cm³/mol. The van der Waals surface area contributed by atoms with Gasteiger partial charge in [0.2, 0.25) is 21.7 Å². The Morgan fingerprint density at radius 3 is 2.52 bits per heavy atom. The number of alkyl halides is 3. The van der Waals surface area contributed by atoms with Crippen molar-refractivity contribution in [2.75, 3.05) is 5.32 Å². The highest BCUT2D eigenvalue weighted by Gasteiger charge is 2.45. The largest absolute Gasteiger partial charge is 0.456 e. The van der Waals surface area contributed by atoms with E-state index in [9.17, 15) is 26.4 Å². The van der Waals surface area contributed by atoms with Crippen molar-refractivity contribution in [3.8, 4) is 0 Å². The zero-order chi connectivity index (χ0) is 22.4.